The highest BCUT2D eigenvalue weighted by Gasteiger charge is 2.18. The number of benzene rings is 3. The molecule has 0 heterocycles. The van der Waals surface area contributed by atoms with Crippen molar-refractivity contribution in [3.8, 4) is 5.75 Å². The third kappa shape index (κ3) is 3.83. The summed E-state index contributed by atoms with van der Waals surface area (Å²) in [6.07, 6.45) is 0. The van der Waals surface area contributed by atoms with Gasteiger partial charge in [-0.15, -0.1) is 0 Å². The fourth-order valence-corrected chi connectivity index (χ4v) is 3.99. The van der Waals surface area contributed by atoms with Gasteiger partial charge in [0, 0.05) is 6.04 Å². The number of hydrogen-bond acceptors (Lipinski definition) is 3. The zero-order chi connectivity index (χ0) is 18.0. The molecule has 130 valence electrons. The second-order valence-corrected chi connectivity index (χ2v) is 7.84. The summed E-state index contributed by atoms with van der Waals surface area (Å²) in [5.41, 5.74) is 2.07. The van der Waals surface area contributed by atoms with Gasteiger partial charge in [0.15, 0.2) is 0 Å². The first-order chi connectivity index (χ1) is 11.9. The van der Waals surface area contributed by atoms with Crippen LogP contribution >= 0.6 is 0 Å². The Labute approximate surface area is 148 Å². The van der Waals surface area contributed by atoms with E-state index in [9.17, 15) is 8.42 Å². The maximum absolute atomic E-state index is 12.7. The minimum Gasteiger partial charge on any atom is -0.497 e. The number of nitrogens with one attached hydrogen (secondary N) is 1. The van der Waals surface area contributed by atoms with Gasteiger partial charge in [0.25, 0.3) is 0 Å². The summed E-state index contributed by atoms with van der Waals surface area (Å²) in [4.78, 5) is 0.254. The van der Waals surface area contributed by atoms with E-state index in [1.54, 1.807) is 25.3 Å². The molecule has 3 aromatic carbocycles. The van der Waals surface area contributed by atoms with E-state index in [0.29, 0.717) is 0 Å². The maximum Gasteiger partial charge on any atom is 0.241 e. The van der Waals surface area contributed by atoms with Crippen LogP contribution in [0.5, 0.6) is 5.75 Å². The van der Waals surface area contributed by atoms with Crippen molar-refractivity contribution >= 4 is 20.8 Å². The molecule has 4 nitrogen and oxygen atoms in total. The summed E-state index contributed by atoms with van der Waals surface area (Å²) >= 11 is 0. The van der Waals surface area contributed by atoms with Crippen molar-refractivity contribution < 1.29 is 13.2 Å². The first kappa shape index (κ1) is 17.5. The predicted octanol–water partition coefficient (Wildman–Crippen LogP) is 4.20. The number of hydrogen-bond donors (Lipinski definition) is 1. The Bertz CT molecular complexity index is 995. The molecule has 1 atom stereocenters. The van der Waals surface area contributed by atoms with Crippen molar-refractivity contribution in [2.75, 3.05) is 7.11 Å². The number of methoxy groups -OCH3 is 1. The van der Waals surface area contributed by atoms with Crippen molar-refractivity contribution in [1.29, 1.82) is 0 Å². The van der Waals surface area contributed by atoms with Crippen LogP contribution in [0.1, 0.15) is 24.1 Å². The summed E-state index contributed by atoms with van der Waals surface area (Å²) in [6, 6.07) is 18.2. The molecule has 0 amide bonds. The summed E-state index contributed by atoms with van der Waals surface area (Å²) in [6.45, 7) is 3.84. The molecule has 0 saturated heterocycles. The fraction of sp³-hybridized carbons (Fsp3) is 0.200. The van der Waals surface area contributed by atoms with E-state index in [2.05, 4.69) is 4.72 Å². The molecule has 0 bridgehead atoms. The van der Waals surface area contributed by atoms with Crippen molar-refractivity contribution in [3.05, 3.63) is 71.8 Å². The number of aryl methyl sites for hydroxylation is 1. The van der Waals surface area contributed by atoms with E-state index < -0.39 is 10.0 Å². The van der Waals surface area contributed by atoms with E-state index in [1.165, 1.54) is 0 Å². The molecule has 0 spiro atoms. The van der Waals surface area contributed by atoms with Crippen molar-refractivity contribution in [1.82, 2.24) is 4.72 Å². The zero-order valence-electron chi connectivity index (χ0n) is 14.5. The minimum absolute atomic E-state index is 0.254. The molecule has 1 N–H and O–H groups in total. The lowest BCUT2D eigenvalue weighted by Crippen LogP contribution is -2.26. The fourth-order valence-electron chi connectivity index (χ4n) is 2.72. The Morgan fingerprint density at radius 1 is 0.920 bits per heavy atom. The van der Waals surface area contributed by atoms with E-state index in [1.807, 2.05) is 56.3 Å². The number of fused-ring (bicyclic) bond motifs is 1. The first-order valence-corrected chi connectivity index (χ1v) is 9.54. The van der Waals surface area contributed by atoms with Crippen LogP contribution in [-0.4, -0.2) is 15.5 Å². The Balaban J connectivity index is 1.88. The van der Waals surface area contributed by atoms with Gasteiger partial charge in [-0.3, -0.25) is 0 Å². The Morgan fingerprint density at radius 2 is 1.56 bits per heavy atom. The Hall–Kier alpha value is -2.37. The average molecular weight is 355 g/mol. The van der Waals surface area contributed by atoms with Crippen LogP contribution in [0.15, 0.2) is 65.6 Å². The van der Waals surface area contributed by atoms with Gasteiger partial charge in [-0.25, -0.2) is 13.1 Å². The quantitative estimate of drug-likeness (QED) is 0.746. The highest BCUT2D eigenvalue weighted by molar-refractivity contribution is 7.89. The molecule has 0 unspecified atom stereocenters. The van der Waals surface area contributed by atoms with Gasteiger partial charge in [0.05, 0.1) is 12.0 Å². The zero-order valence-corrected chi connectivity index (χ0v) is 15.3. The largest absolute Gasteiger partial charge is 0.497 e. The molecule has 3 rings (SSSR count). The standard InChI is InChI=1S/C20H21NO3S/c1-14-4-6-16(7-5-14)15(2)21-25(22,23)20-11-9-17-12-19(24-3)10-8-18(17)13-20/h4-13,15,21H,1-3H3/t15-/m1/s1. The van der Waals surface area contributed by atoms with Crippen LogP contribution in [0, 0.1) is 6.92 Å². The van der Waals surface area contributed by atoms with Gasteiger partial charge >= 0.3 is 0 Å². The second-order valence-electron chi connectivity index (χ2n) is 6.13. The molecular formula is C20H21NO3S. The van der Waals surface area contributed by atoms with Gasteiger partial charge in [0.2, 0.25) is 10.0 Å². The van der Waals surface area contributed by atoms with E-state index in [0.717, 1.165) is 27.6 Å². The molecule has 0 radical (unpaired) electrons. The SMILES string of the molecule is COc1ccc2cc(S(=O)(=O)N[C@H](C)c3ccc(C)cc3)ccc2c1. The number of ether oxygens (including phenoxy) is 1. The van der Waals surface area contributed by atoms with Crippen LogP contribution in [0.2, 0.25) is 0 Å². The van der Waals surface area contributed by atoms with Crippen LogP contribution < -0.4 is 9.46 Å². The lowest BCUT2D eigenvalue weighted by atomic mass is 10.1. The number of rotatable bonds is 5. The summed E-state index contributed by atoms with van der Waals surface area (Å²) in [5.74, 6) is 0.745. The molecule has 0 saturated carbocycles. The third-order valence-electron chi connectivity index (χ3n) is 4.24. The minimum atomic E-state index is -3.61. The van der Waals surface area contributed by atoms with Crippen LogP contribution in [-0.2, 0) is 10.0 Å². The Morgan fingerprint density at radius 3 is 2.24 bits per heavy atom. The number of sulfonamides is 1. The molecule has 25 heavy (non-hydrogen) atoms. The molecular weight excluding hydrogens is 334 g/mol. The first-order valence-electron chi connectivity index (χ1n) is 8.06. The second kappa shape index (κ2) is 6.86. The van der Waals surface area contributed by atoms with Crippen LogP contribution in [0.25, 0.3) is 10.8 Å². The predicted molar refractivity (Wildman–Crippen MR) is 100 cm³/mol. The molecule has 0 aliphatic carbocycles. The molecule has 5 heteroatoms. The normalized spacial score (nSPS) is 12.9. The lowest BCUT2D eigenvalue weighted by molar-refractivity contribution is 0.415. The van der Waals surface area contributed by atoms with Crippen molar-refractivity contribution in [2.45, 2.75) is 24.8 Å². The van der Waals surface area contributed by atoms with E-state index in [-0.39, 0.29) is 10.9 Å². The van der Waals surface area contributed by atoms with Crippen molar-refractivity contribution in [3.63, 3.8) is 0 Å². The lowest BCUT2D eigenvalue weighted by Gasteiger charge is -2.15. The van der Waals surface area contributed by atoms with Crippen LogP contribution in [0.3, 0.4) is 0 Å². The van der Waals surface area contributed by atoms with E-state index in [4.69, 9.17) is 4.74 Å². The Kier molecular flexibility index (Phi) is 4.79. The van der Waals surface area contributed by atoms with Crippen molar-refractivity contribution in [2.24, 2.45) is 0 Å². The molecule has 0 fully saturated rings. The highest BCUT2D eigenvalue weighted by atomic mass is 32.2. The third-order valence-corrected chi connectivity index (χ3v) is 5.78. The van der Waals surface area contributed by atoms with Gasteiger partial charge in [-0.05, 0) is 54.4 Å². The monoisotopic (exact) mass is 355 g/mol. The van der Waals surface area contributed by atoms with Gasteiger partial charge in [0.1, 0.15) is 5.75 Å². The summed E-state index contributed by atoms with van der Waals surface area (Å²) in [7, 11) is -2.00. The van der Waals surface area contributed by atoms with E-state index >= 15 is 0 Å². The smallest absolute Gasteiger partial charge is 0.241 e. The topological polar surface area (TPSA) is 55.4 Å². The molecule has 0 aromatic heterocycles. The van der Waals surface area contributed by atoms with Gasteiger partial charge in [-0.1, -0.05) is 42.0 Å². The molecule has 0 aliphatic heterocycles. The van der Waals surface area contributed by atoms with Crippen LogP contribution in [0.4, 0.5) is 0 Å². The van der Waals surface area contributed by atoms with Gasteiger partial charge in [-0.2, -0.15) is 0 Å². The summed E-state index contributed by atoms with van der Waals surface area (Å²) in [5, 5.41) is 1.79. The van der Waals surface area contributed by atoms with Gasteiger partial charge < -0.3 is 4.74 Å². The average Bonchev–Trinajstić information content (AvgIpc) is 2.60. The molecule has 3 aromatic rings. The molecule has 0 aliphatic rings. The summed E-state index contributed by atoms with van der Waals surface area (Å²) < 4.78 is 33.4. The highest BCUT2D eigenvalue weighted by Crippen LogP contribution is 2.24. The maximum atomic E-state index is 12.7.